The maximum atomic E-state index is 13.4. The van der Waals surface area contributed by atoms with Crippen molar-refractivity contribution in [2.75, 3.05) is 33.9 Å². The number of urea groups is 1. The lowest BCUT2D eigenvalue weighted by Gasteiger charge is -2.37. The van der Waals surface area contributed by atoms with Crippen LogP contribution >= 0.6 is 0 Å². The summed E-state index contributed by atoms with van der Waals surface area (Å²) in [6, 6.07) is 6.28. The topological polar surface area (TPSA) is 50.8 Å². The van der Waals surface area contributed by atoms with E-state index in [4.69, 9.17) is 9.47 Å². The Hall–Kier alpha value is -1.82. The van der Waals surface area contributed by atoms with Crippen LogP contribution in [0.5, 0.6) is 5.75 Å². The maximum absolute atomic E-state index is 13.4. The van der Waals surface area contributed by atoms with Gasteiger partial charge in [-0.1, -0.05) is 12.1 Å². The zero-order valence-corrected chi connectivity index (χ0v) is 13.0. The summed E-state index contributed by atoms with van der Waals surface area (Å²) in [5.41, 5.74) is 0. The highest BCUT2D eigenvalue weighted by Gasteiger charge is 2.32. The number of carbonyl (C=O) groups is 1. The number of ether oxygens (including phenoxy) is 2. The lowest BCUT2D eigenvalue weighted by molar-refractivity contribution is 0.0800. The number of amides is 2. The fourth-order valence-corrected chi connectivity index (χ4v) is 2.40. The van der Waals surface area contributed by atoms with Gasteiger partial charge in [-0.3, -0.25) is 0 Å². The van der Waals surface area contributed by atoms with Gasteiger partial charge in [0.1, 0.15) is 6.61 Å². The molecule has 2 rings (SSSR count). The quantitative estimate of drug-likeness (QED) is 0.840. The van der Waals surface area contributed by atoms with Crippen molar-refractivity contribution >= 4 is 6.03 Å². The molecule has 1 aromatic carbocycles. The van der Waals surface area contributed by atoms with Crippen molar-refractivity contribution in [1.82, 2.24) is 10.2 Å². The standard InChI is InChI=1S/C16H23FN2O3/c1-19(9-10-22-15-6-4-3-5-13(15)17)16(20)18-14-8-7-12(14)11-21-2/h3-6,12,14H,7-11H2,1-2H3,(H,18,20)/t12-,14-/m1/s1. The van der Waals surface area contributed by atoms with E-state index >= 15 is 0 Å². The summed E-state index contributed by atoms with van der Waals surface area (Å²) in [5, 5.41) is 2.99. The van der Waals surface area contributed by atoms with E-state index in [1.54, 1.807) is 37.3 Å². The first-order valence-corrected chi connectivity index (χ1v) is 7.49. The van der Waals surface area contributed by atoms with Gasteiger partial charge in [-0.15, -0.1) is 0 Å². The van der Waals surface area contributed by atoms with Gasteiger partial charge in [-0.05, 0) is 25.0 Å². The number of rotatable bonds is 7. The van der Waals surface area contributed by atoms with Crippen molar-refractivity contribution in [3.63, 3.8) is 0 Å². The minimum atomic E-state index is -0.397. The van der Waals surface area contributed by atoms with Gasteiger partial charge in [0.2, 0.25) is 0 Å². The minimum Gasteiger partial charge on any atom is -0.489 e. The molecule has 2 amide bonds. The van der Waals surface area contributed by atoms with Crippen molar-refractivity contribution in [3.8, 4) is 5.75 Å². The number of hydrogen-bond acceptors (Lipinski definition) is 3. The summed E-state index contributed by atoms with van der Waals surface area (Å²) in [4.78, 5) is 13.6. The van der Waals surface area contributed by atoms with Crippen LogP contribution in [0.3, 0.4) is 0 Å². The maximum Gasteiger partial charge on any atom is 0.317 e. The van der Waals surface area contributed by atoms with Gasteiger partial charge in [0, 0.05) is 26.1 Å². The fraction of sp³-hybridized carbons (Fsp3) is 0.562. The Labute approximate surface area is 130 Å². The molecular formula is C16H23FN2O3. The lowest BCUT2D eigenvalue weighted by atomic mass is 9.80. The van der Waals surface area contributed by atoms with Crippen molar-refractivity contribution < 1.29 is 18.7 Å². The fourth-order valence-electron chi connectivity index (χ4n) is 2.40. The normalized spacial score (nSPS) is 20.1. The van der Waals surface area contributed by atoms with Gasteiger partial charge in [0.05, 0.1) is 13.2 Å². The highest BCUT2D eigenvalue weighted by molar-refractivity contribution is 5.74. The Kier molecular flexibility index (Phi) is 6.00. The predicted molar refractivity (Wildman–Crippen MR) is 81.4 cm³/mol. The van der Waals surface area contributed by atoms with Crippen LogP contribution in [0.4, 0.5) is 9.18 Å². The lowest BCUT2D eigenvalue weighted by Crippen LogP contribution is -2.52. The van der Waals surface area contributed by atoms with E-state index in [0.717, 1.165) is 12.8 Å². The molecule has 0 spiro atoms. The summed E-state index contributed by atoms with van der Waals surface area (Å²) < 4.78 is 23.9. The molecular weight excluding hydrogens is 287 g/mol. The summed E-state index contributed by atoms with van der Waals surface area (Å²) in [5.74, 6) is 0.207. The number of benzene rings is 1. The van der Waals surface area contributed by atoms with E-state index in [0.29, 0.717) is 19.1 Å². The molecule has 0 aliphatic heterocycles. The van der Waals surface area contributed by atoms with Crippen LogP contribution in [-0.4, -0.2) is 50.9 Å². The molecule has 1 N–H and O–H groups in total. The molecule has 1 aliphatic rings. The number of nitrogens with zero attached hydrogens (tertiary/aromatic N) is 1. The van der Waals surface area contributed by atoms with Crippen LogP contribution in [0.15, 0.2) is 24.3 Å². The van der Waals surface area contributed by atoms with Crippen molar-refractivity contribution in [3.05, 3.63) is 30.1 Å². The molecule has 1 fully saturated rings. The molecule has 0 aromatic heterocycles. The molecule has 1 aromatic rings. The number of hydrogen-bond donors (Lipinski definition) is 1. The van der Waals surface area contributed by atoms with Crippen LogP contribution in [0.1, 0.15) is 12.8 Å². The van der Waals surface area contributed by atoms with Crippen LogP contribution in [-0.2, 0) is 4.74 Å². The molecule has 0 heterocycles. The Balaban J connectivity index is 1.69. The summed E-state index contributed by atoms with van der Waals surface area (Å²) in [7, 11) is 3.37. The average molecular weight is 310 g/mol. The Morgan fingerprint density at radius 3 is 2.82 bits per heavy atom. The zero-order valence-electron chi connectivity index (χ0n) is 13.0. The van der Waals surface area contributed by atoms with Gasteiger partial charge >= 0.3 is 6.03 Å². The SMILES string of the molecule is COC[C@H]1CC[C@H]1NC(=O)N(C)CCOc1ccccc1F. The summed E-state index contributed by atoms with van der Waals surface area (Å²) >= 11 is 0. The molecule has 0 bridgehead atoms. The van der Waals surface area contributed by atoms with E-state index in [1.807, 2.05) is 0 Å². The van der Waals surface area contributed by atoms with Gasteiger partial charge in [0.25, 0.3) is 0 Å². The first-order chi connectivity index (χ1) is 10.6. The van der Waals surface area contributed by atoms with E-state index in [-0.39, 0.29) is 24.4 Å². The Morgan fingerprint density at radius 2 is 2.18 bits per heavy atom. The molecule has 0 saturated heterocycles. The van der Waals surface area contributed by atoms with E-state index in [1.165, 1.54) is 6.07 Å². The van der Waals surface area contributed by atoms with Gasteiger partial charge in [-0.25, -0.2) is 9.18 Å². The summed E-state index contributed by atoms with van der Waals surface area (Å²) in [6.45, 7) is 1.31. The number of para-hydroxylation sites is 1. The predicted octanol–water partition coefficient (Wildman–Crippen LogP) is 2.27. The molecule has 22 heavy (non-hydrogen) atoms. The molecule has 5 nitrogen and oxygen atoms in total. The average Bonchev–Trinajstić information content (AvgIpc) is 2.50. The van der Waals surface area contributed by atoms with E-state index in [9.17, 15) is 9.18 Å². The third-order valence-electron chi connectivity index (χ3n) is 3.97. The third kappa shape index (κ3) is 4.34. The van der Waals surface area contributed by atoms with Crippen LogP contribution in [0.25, 0.3) is 0 Å². The minimum absolute atomic E-state index is 0.136. The number of methoxy groups -OCH3 is 1. The largest absolute Gasteiger partial charge is 0.489 e. The van der Waals surface area contributed by atoms with Crippen molar-refractivity contribution in [1.29, 1.82) is 0 Å². The molecule has 1 saturated carbocycles. The highest BCUT2D eigenvalue weighted by Crippen LogP contribution is 2.27. The highest BCUT2D eigenvalue weighted by atomic mass is 19.1. The first kappa shape index (κ1) is 16.5. The number of nitrogens with one attached hydrogen (secondary N) is 1. The second-order valence-electron chi connectivity index (χ2n) is 5.55. The number of halogens is 1. The monoisotopic (exact) mass is 310 g/mol. The Morgan fingerprint density at radius 1 is 1.41 bits per heavy atom. The van der Waals surface area contributed by atoms with E-state index in [2.05, 4.69) is 5.32 Å². The van der Waals surface area contributed by atoms with Crippen LogP contribution < -0.4 is 10.1 Å². The molecule has 122 valence electrons. The zero-order chi connectivity index (χ0) is 15.9. The number of likely N-dealkylation sites (N-methyl/N-ethyl adjacent to an activating group) is 1. The second-order valence-corrected chi connectivity index (χ2v) is 5.55. The van der Waals surface area contributed by atoms with Gasteiger partial charge < -0.3 is 19.7 Å². The van der Waals surface area contributed by atoms with Crippen LogP contribution in [0.2, 0.25) is 0 Å². The molecule has 6 heteroatoms. The molecule has 0 unspecified atom stereocenters. The van der Waals surface area contributed by atoms with Crippen molar-refractivity contribution in [2.24, 2.45) is 5.92 Å². The van der Waals surface area contributed by atoms with Gasteiger partial charge in [0.15, 0.2) is 11.6 Å². The molecule has 2 atom stereocenters. The van der Waals surface area contributed by atoms with Crippen LogP contribution in [0, 0.1) is 11.7 Å². The number of carbonyl (C=O) groups excluding carboxylic acids is 1. The summed E-state index contributed by atoms with van der Waals surface area (Å²) in [6.07, 6.45) is 2.07. The third-order valence-corrected chi connectivity index (χ3v) is 3.97. The first-order valence-electron chi connectivity index (χ1n) is 7.49. The van der Waals surface area contributed by atoms with Gasteiger partial charge in [-0.2, -0.15) is 0 Å². The smallest absolute Gasteiger partial charge is 0.317 e. The second kappa shape index (κ2) is 7.98. The van der Waals surface area contributed by atoms with Crippen molar-refractivity contribution in [2.45, 2.75) is 18.9 Å². The molecule has 0 radical (unpaired) electrons. The Bertz CT molecular complexity index is 498. The van der Waals surface area contributed by atoms with E-state index < -0.39 is 5.82 Å². The molecule has 1 aliphatic carbocycles.